The standard InChI is InChI=1S/C16H19F3O/c17-12-8-6-11-7-9-13(10-4-2-1-3-5-10)20-15(11)14(12)16(18)19/h6,8,10,13,16H,1-5,7,9H2. The highest BCUT2D eigenvalue weighted by Gasteiger charge is 2.32. The number of fused-ring (bicyclic) bond motifs is 1. The molecule has 0 bridgehead atoms. The minimum Gasteiger partial charge on any atom is -0.489 e. The van der Waals surface area contributed by atoms with E-state index in [1.54, 1.807) is 6.07 Å². The molecule has 1 aliphatic carbocycles. The van der Waals surface area contributed by atoms with Gasteiger partial charge in [-0.25, -0.2) is 13.2 Å². The predicted octanol–water partition coefficient (Wildman–Crippen LogP) is 5.04. The van der Waals surface area contributed by atoms with Crippen molar-refractivity contribution in [2.75, 3.05) is 0 Å². The number of halogens is 3. The minimum absolute atomic E-state index is 0.0258. The van der Waals surface area contributed by atoms with Gasteiger partial charge in [0.1, 0.15) is 17.7 Å². The van der Waals surface area contributed by atoms with E-state index in [1.807, 2.05) is 0 Å². The molecule has 1 aromatic rings. The van der Waals surface area contributed by atoms with Gasteiger partial charge in [-0.1, -0.05) is 25.3 Å². The summed E-state index contributed by atoms with van der Waals surface area (Å²) in [5.74, 6) is -0.310. The van der Waals surface area contributed by atoms with Crippen LogP contribution in [-0.2, 0) is 6.42 Å². The molecule has 0 spiro atoms. The number of aryl methyl sites for hydroxylation is 1. The van der Waals surface area contributed by atoms with E-state index in [4.69, 9.17) is 4.74 Å². The van der Waals surface area contributed by atoms with Crippen LogP contribution in [0.1, 0.15) is 56.1 Å². The van der Waals surface area contributed by atoms with Gasteiger partial charge in [0, 0.05) is 0 Å². The minimum atomic E-state index is -2.82. The van der Waals surface area contributed by atoms with Gasteiger partial charge in [0.15, 0.2) is 0 Å². The molecule has 1 saturated carbocycles. The van der Waals surface area contributed by atoms with Gasteiger partial charge in [0.25, 0.3) is 6.43 Å². The van der Waals surface area contributed by atoms with Crippen molar-refractivity contribution in [1.82, 2.24) is 0 Å². The number of hydrogen-bond donors (Lipinski definition) is 0. The average Bonchev–Trinajstić information content (AvgIpc) is 2.47. The second-order valence-corrected chi connectivity index (χ2v) is 5.84. The molecular formula is C16H19F3O. The zero-order valence-electron chi connectivity index (χ0n) is 11.4. The molecule has 1 aliphatic heterocycles. The fourth-order valence-electron chi connectivity index (χ4n) is 3.51. The molecule has 3 rings (SSSR count). The Morgan fingerprint density at radius 3 is 2.50 bits per heavy atom. The molecule has 4 heteroatoms. The second-order valence-electron chi connectivity index (χ2n) is 5.84. The molecule has 20 heavy (non-hydrogen) atoms. The molecule has 1 atom stereocenters. The van der Waals surface area contributed by atoms with Gasteiger partial charge < -0.3 is 4.74 Å². The lowest BCUT2D eigenvalue weighted by Gasteiger charge is -2.35. The largest absolute Gasteiger partial charge is 0.489 e. The zero-order valence-corrected chi connectivity index (χ0v) is 11.4. The first-order valence-electron chi connectivity index (χ1n) is 7.43. The molecule has 1 heterocycles. The van der Waals surface area contributed by atoms with E-state index in [1.165, 1.54) is 19.3 Å². The Morgan fingerprint density at radius 1 is 1.05 bits per heavy atom. The van der Waals surface area contributed by atoms with Gasteiger partial charge in [-0.3, -0.25) is 0 Å². The van der Waals surface area contributed by atoms with Crippen LogP contribution in [-0.4, -0.2) is 6.10 Å². The molecule has 1 unspecified atom stereocenters. The third-order valence-corrected chi connectivity index (χ3v) is 4.59. The second kappa shape index (κ2) is 5.66. The van der Waals surface area contributed by atoms with Crippen molar-refractivity contribution in [3.63, 3.8) is 0 Å². The van der Waals surface area contributed by atoms with Crippen LogP contribution in [0.15, 0.2) is 12.1 Å². The maximum atomic E-state index is 13.6. The summed E-state index contributed by atoms with van der Waals surface area (Å²) >= 11 is 0. The third-order valence-electron chi connectivity index (χ3n) is 4.59. The SMILES string of the molecule is Fc1ccc2c(c1C(F)F)OC(C1CCCCC1)CC2. The predicted molar refractivity (Wildman–Crippen MR) is 70.7 cm³/mol. The molecule has 0 saturated heterocycles. The van der Waals surface area contributed by atoms with Crippen molar-refractivity contribution in [1.29, 1.82) is 0 Å². The highest BCUT2D eigenvalue weighted by molar-refractivity contribution is 5.44. The van der Waals surface area contributed by atoms with E-state index >= 15 is 0 Å². The van der Waals surface area contributed by atoms with Crippen LogP contribution in [0.2, 0.25) is 0 Å². The van der Waals surface area contributed by atoms with Crippen molar-refractivity contribution in [3.8, 4) is 5.75 Å². The van der Waals surface area contributed by atoms with E-state index in [9.17, 15) is 13.2 Å². The Kier molecular flexibility index (Phi) is 3.90. The first-order chi connectivity index (χ1) is 9.66. The van der Waals surface area contributed by atoms with Gasteiger partial charge in [-0.05, 0) is 43.2 Å². The first kappa shape index (κ1) is 13.8. The first-order valence-corrected chi connectivity index (χ1v) is 7.43. The number of rotatable bonds is 2. The highest BCUT2D eigenvalue weighted by Crippen LogP contribution is 2.41. The number of hydrogen-bond acceptors (Lipinski definition) is 1. The molecular weight excluding hydrogens is 265 g/mol. The van der Waals surface area contributed by atoms with Crippen LogP contribution in [0.3, 0.4) is 0 Å². The Morgan fingerprint density at radius 2 is 1.80 bits per heavy atom. The van der Waals surface area contributed by atoms with E-state index in [-0.39, 0.29) is 11.9 Å². The highest BCUT2D eigenvalue weighted by atomic mass is 19.3. The van der Waals surface area contributed by atoms with Crippen molar-refractivity contribution in [2.45, 2.75) is 57.5 Å². The third kappa shape index (κ3) is 2.52. The molecule has 1 nitrogen and oxygen atoms in total. The average molecular weight is 284 g/mol. The Bertz CT molecular complexity index is 481. The molecule has 0 radical (unpaired) electrons. The van der Waals surface area contributed by atoms with Crippen LogP contribution < -0.4 is 4.74 Å². The lowest BCUT2D eigenvalue weighted by Crippen LogP contribution is -2.32. The van der Waals surface area contributed by atoms with Gasteiger partial charge >= 0.3 is 0 Å². The smallest absolute Gasteiger partial charge is 0.270 e. The van der Waals surface area contributed by atoms with Crippen LogP contribution in [0, 0.1) is 11.7 Å². The van der Waals surface area contributed by atoms with Gasteiger partial charge in [-0.2, -0.15) is 0 Å². The summed E-state index contributed by atoms with van der Waals surface area (Å²) in [7, 11) is 0. The van der Waals surface area contributed by atoms with E-state index < -0.39 is 17.8 Å². The van der Waals surface area contributed by atoms with E-state index in [0.717, 1.165) is 25.3 Å². The molecule has 0 aromatic heterocycles. The summed E-state index contributed by atoms with van der Waals surface area (Å²) in [6.45, 7) is 0. The van der Waals surface area contributed by atoms with E-state index in [0.29, 0.717) is 17.9 Å². The summed E-state index contributed by atoms with van der Waals surface area (Å²) in [5, 5.41) is 0. The quantitative estimate of drug-likeness (QED) is 0.739. The van der Waals surface area contributed by atoms with E-state index in [2.05, 4.69) is 0 Å². The van der Waals surface area contributed by atoms with Crippen LogP contribution in [0.25, 0.3) is 0 Å². The normalized spacial score (nSPS) is 23.5. The fourth-order valence-corrected chi connectivity index (χ4v) is 3.51. The summed E-state index contributed by atoms with van der Waals surface area (Å²) in [4.78, 5) is 0. The summed E-state index contributed by atoms with van der Waals surface area (Å²) in [5.41, 5.74) is 0.164. The zero-order chi connectivity index (χ0) is 14.1. The van der Waals surface area contributed by atoms with Crippen molar-refractivity contribution < 1.29 is 17.9 Å². The van der Waals surface area contributed by atoms with Gasteiger partial charge in [-0.15, -0.1) is 0 Å². The van der Waals surface area contributed by atoms with Crippen LogP contribution in [0.5, 0.6) is 5.75 Å². The molecule has 0 amide bonds. The van der Waals surface area contributed by atoms with Crippen LogP contribution in [0.4, 0.5) is 13.2 Å². The van der Waals surface area contributed by atoms with Crippen LogP contribution >= 0.6 is 0 Å². The molecule has 110 valence electrons. The Labute approximate surface area is 117 Å². The monoisotopic (exact) mass is 284 g/mol. The van der Waals surface area contributed by atoms with Gasteiger partial charge in [0.05, 0.1) is 5.56 Å². The number of alkyl halides is 2. The van der Waals surface area contributed by atoms with Crippen molar-refractivity contribution >= 4 is 0 Å². The molecule has 1 fully saturated rings. The summed E-state index contributed by atoms with van der Waals surface area (Å²) in [6.07, 6.45) is 4.51. The molecule has 2 aliphatic rings. The fraction of sp³-hybridized carbons (Fsp3) is 0.625. The number of ether oxygens (including phenoxy) is 1. The maximum absolute atomic E-state index is 13.6. The van der Waals surface area contributed by atoms with Crippen molar-refractivity contribution in [3.05, 3.63) is 29.1 Å². The molecule has 1 aromatic carbocycles. The Balaban J connectivity index is 1.87. The maximum Gasteiger partial charge on any atom is 0.270 e. The summed E-state index contributed by atoms with van der Waals surface area (Å²) < 4.78 is 45.6. The lowest BCUT2D eigenvalue weighted by atomic mass is 9.82. The molecule has 0 N–H and O–H groups in total. The summed E-state index contributed by atoms with van der Waals surface area (Å²) in [6, 6.07) is 2.71. The lowest BCUT2D eigenvalue weighted by molar-refractivity contribution is 0.0765. The Hall–Kier alpha value is -1.19. The number of benzene rings is 1. The van der Waals surface area contributed by atoms with Crippen molar-refractivity contribution in [2.24, 2.45) is 5.92 Å². The van der Waals surface area contributed by atoms with Gasteiger partial charge in [0.2, 0.25) is 0 Å². The topological polar surface area (TPSA) is 9.23 Å².